The van der Waals surface area contributed by atoms with Crippen molar-refractivity contribution >= 4 is 23.6 Å². The van der Waals surface area contributed by atoms with Crippen LogP contribution in [-0.2, 0) is 16.0 Å². The molecule has 0 radical (unpaired) electrons. The average molecular weight is 485 g/mol. The second kappa shape index (κ2) is 11.2. The van der Waals surface area contributed by atoms with Crippen LogP contribution in [0.3, 0.4) is 0 Å². The first-order valence-electron chi connectivity index (χ1n) is 11.3. The summed E-state index contributed by atoms with van der Waals surface area (Å²) in [6.45, 7) is 3.56. The third kappa shape index (κ3) is 6.26. The number of aryl methyl sites for hydroxylation is 2. The maximum Gasteiger partial charge on any atom is 0.247 e. The van der Waals surface area contributed by atoms with Crippen LogP contribution < -0.4 is 10.6 Å². The fourth-order valence-corrected chi connectivity index (χ4v) is 3.68. The molecule has 4 aromatic rings. The predicted octanol–water partition coefficient (Wildman–Crippen LogP) is 3.80. The van der Waals surface area contributed by atoms with Gasteiger partial charge in [-0.05, 0) is 71.8 Å². The van der Waals surface area contributed by atoms with Crippen molar-refractivity contribution in [3.63, 3.8) is 0 Å². The number of carbonyl (C=O) groups is 2. The van der Waals surface area contributed by atoms with Crippen molar-refractivity contribution in [2.75, 3.05) is 5.32 Å². The van der Waals surface area contributed by atoms with E-state index in [1.165, 1.54) is 29.2 Å². The number of hydrogen-bond acceptors (Lipinski definition) is 5. The molecular formula is C27H25FN6O2. The number of aromatic nitrogens is 4. The standard InChI is InChI=1S/C27H25FN6O2/c1-18-8-12-25(34-17-29-32-33-34)21(14-18)9-13-26(35)31-24(16-20-6-4-3-5-7-20)27(36)30-22-10-11-23(28)19(2)15-22/h3-15,17,24H,16H2,1-2H3,(H,30,36)(H,31,35)/b13-9+/t24-/m0/s1. The van der Waals surface area contributed by atoms with Gasteiger partial charge in [-0.15, -0.1) is 5.10 Å². The summed E-state index contributed by atoms with van der Waals surface area (Å²) < 4.78 is 15.1. The molecule has 0 spiro atoms. The van der Waals surface area contributed by atoms with Crippen LogP contribution in [0.25, 0.3) is 11.8 Å². The first-order valence-corrected chi connectivity index (χ1v) is 11.3. The van der Waals surface area contributed by atoms with E-state index in [0.29, 0.717) is 16.9 Å². The van der Waals surface area contributed by atoms with E-state index >= 15 is 0 Å². The number of rotatable bonds is 8. The van der Waals surface area contributed by atoms with Gasteiger partial charge in [0.25, 0.3) is 0 Å². The molecule has 1 heterocycles. The molecule has 0 fully saturated rings. The number of halogens is 1. The summed E-state index contributed by atoms with van der Waals surface area (Å²) in [6.07, 6.45) is 4.78. The van der Waals surface area contributed by atoms with E-state index < -0.39 is 17.9 Å². The smallest absolute Gasteiger partial charge is 0.247 e. The number of tetrazole rings is 1. The number of carbonyl (C=O) groups excluding carboxylic acids is 2. The highest BCUT2D eigenvalue weighted by molar-refractivity contribution is 6.00. The minimum Gasteiger partial charge on any atom is -0.340 e. The number of nitrogens with zero attached hydrogens (tertiary/aromatic N) is 4. The Hall–Kier alpha value is -4.66. The highest BCUT2D eigenvalue weighted by Gasteiger charge is 2.21. The largest absolute Gasteiger partial charge is 0.340 e. The Morgan fingerprint density at radius 1 is 1.06 bits per heavy atom. The van der Waals surface area contributed by atoms with Gasteiger partial charge in [-0.2, -0.15) is 4.68 Å². The number of amides is 2. The fraction of sp³-hybridized carbons (Fsp3) is 0.148. The molecule has 0 aliphatic carbocycles. The van der Waals surface area contributed by atoms with Crippen molar-refractivity contribution in [3.8, 4) is 5.69 Å². The van der Waals surface area contributed by atoms with Crippen LogP contribution in [0.1, 0.15) is 22.3 Å². The Labute approximate surface area is 207 Å². The minimum atomic E-state index is -0.855. The van der Waals surface area contributed by atoms with Crippen LogP contribution in [0.5, 0.6) is 0 Å². The van der Waals surface area contributed by atoms with Crippen LogP contribution in [0.15, 0.2) is 79.1 Å². The lowest BCUT2D eigenvalue weighted by Gasteiger charge is -2.18. The lowest BCUT2D eigenvalue weighted by molar-refractivity contribution is -0.123. The van der Waals surface area contributed by atoms with Crippen molar-refractivity contribution in [2.24, 2.45) is 0 Å². The highest BCUT2D eigenvalue weighted by atomic mass is 19.1. The normalized spacial score (nSPS) is 11.9. The third-order valence-corrected chi connectivity index (χ3v) is 5.53. The molecule has 9 heteroatoms. The van der Waals surface area contributed by atoms with Crippen molar-refractivity contribution in [1.82, 2.24) is 25.5 Å². The van der Waals surface area contributed by atoms with Gasteiger partial charge in [0, 0.05) is 23.7 Å². The lowest BCUT2D eigenvalue weighted by atomic mass is 10.0. The van der Waals surface area contributed by atoms with Gasteiger partial charge in [0.1, 0.15) is 18.2 Å². The van der Waals surface area contributed by atoms with E-state index in [9.17, 15) is 14.0 Å². The van der Waals surface area contributed by atoms with Gasteiger partial charge in [-0.3, -0.25) is 9.59 Å². The van der Waals surface area contributed by atoms with Gasteiger partial charge in [0.05, 0.1) is 5.69 Å². The molecule has 8 nitrogen and oxygen atoms in total. The topological polar surface area (TPSA) is 102 Å². The van der Waals surface area contributed by atoms with Gasteiger partial charge in [-0.25, -0.2) is 4.39 Å². The third-order valence-electron chi connectivity index (χ3n) is 5.53. The lowest BCUT2D eigenvalue weighted by Crippen LogP contribution is -2.44. The summed E-state index contributed by atoms with van der Waals surface area (Å²) >= 11 is 0. The Morgan fingerprint density at radius 2 is 1.86 bits per heavy atom. The van der Waals surface area contributed by atoms with E-state index in [0.717, 1.165) is 16.7 Å². The second-order valence-electron chi connectivity index (χ2n) is 8.35. The quantitative estimate of drug-likeness (QED) is 0.371. The summed E-state index contributed by atoms with van der Waals surface area (Å²) in [5, 5.41) is 16.8. The molecule has 2 amide bonds. The number of benzene rings is 3. The maximum absolute atomic E-state index is 13.6. The fourth-order valence-electron chi connectivity index (χ4n) is 3.68. The molecule has 2 N–H and O–H groups in total. The van der Waals surface area contributed by atoms with Gasteiger partial charge in [-0.1, -0.05) is 42.0 Å². The zero-order valence-electron chi connectivity index (χ0n) is 19.9. The molecule has 1 aromatic heterocycles. The van der Waals surface area contributed by atoms with Crippen molar-refractivity contribution in [2.45, 2.75) is 26.3 Å². The van der Waals surface area contributed by atoms with E-state index in [4.69, 9.17) is 0 Å². The summed E-state index contributed by atoms with van der Waals surface area (Å²) in [5.41, 5.74) is 4.20. The number of hydrogen-bond donors (Lipinski definition) is 2. The minimum absolute atomic E-state index is 0.284. The maximum atomic E-state index is 13.6. The second-order valence-corrected chi connectivity index (χ2v) is 8.35. The van der Waals surface area contributed by atoms with Crippen LogP contribution >= 0.6 is 0 Å². The predicted molar refractivity (Wildman–Crippen MR) is 135 cm³/mol. The molecule has 0 bridgehead atoms. The number of anilines is 1. The van der Waals surface area contributed by atoms with E-state index in [-0.39, 0.29) is 12.2 Å². The molecule has 0 aliphatic rings. The zero-order valence-corrected chi connectivity index (χ0v) is 19.9. The molecule has 0 saturated carbocycles. The number of nitrogens with one attached hydrogen (secondary N) is 2. The zero-order chi connectivity index (χ0) is 25.5. The Balaban J connectivity index is 1.53. The van der Waals surface area contributed by atoms with Gasteiger partial charge < -0.3 is 10.6 Å². The molecule has 0 aliphatic heterocycles. The van der Waals surface area contributed by atoms with Crippen LogP contribution in [0.2, 0.25) is 0 Å². The van der Waals surface area contributed by atoms with Crippen LogP contribution in [0.4, 0.5) is 10.1 Å². The summed E-state index contributed by atoms with van der Waals surface area (Å²) in [4.78, 5) is 26.0. The molecule has 36 heavy (non-hydrogen) atoms. The highest BCUT2D eigenvalue weighted by Crippen LogP contribution is 2.17. The molecule has 4 rings (SSSR count). The Bertz CT molecular complexity index is 1390. The van der Waals surface area contributed by atoms with Crippen LogP contribution in [-0.4, -0.2) is 38.1 Å². The summed E-state index contributed by atoms with van der Waals surface area (Å²) in [7, 11) is 0. The molecular weight excluding hydrogens is 459 g/mol. The molecule has 182 valence electrons. The van der Waals surface area contributed by atoms with Crippen LogP contribution in [0, 0.1) is 19.7 Å². The Morgan fingerprint density at radius 3 is 2.58 bits per heavy atom. The molecule has 0 saturated heterocycles. The summed E-state index contributed by atoms with van der Waals surface area (Å²) in [6, 6.07) is 18.6. The summed E-state index contributed by atoms with van der Waals surface area (Å²) in [5.74, 6) is -1.20. The molecule has 3 aromatic carbocycles. The average Bonchev–Trinajstić information content (AvgIpc) is 3.40. The van der Waals surface area contributed by atoms with Crippen molar-refractivity contribution in [3.05, 3.63) is 107 Å². The van der Waals surface area contributed by atoms with E-state index in [1.54, 1.807) is 19.1 Å². The first-order chi connectivity index (χ1) is 17.4. The van der Waals surface area contributed by atoms with Crippen molar-refractivity contribution < 1.29 is 14.0 Å². The Kier molecular flexibility index (Phi) is 7.60. The SMILES string of the molecule is Cc1ccc(-n2cnnn2)c(/C=C/C(=O)N[C@@H](Cc2ccccc2)C(=O)Nc2ccc(F)c(C)c2)c1. The first kappa shape index (κ1) is 24.5. The van der Waals surface area contributed by atoms with E-state index in [2.05, 4.69) is 26.2 Å². The van der Waals surface area contributed by atoms with Gasteiger partial charge >= 0.3 is 0 Å². The van der Waals surface area contributed by atoms with Gasteiger partial charge in [0.15, 0.2) is 0 Å². The molecule has 1 atom stereocenters. The van der Waals surface area contributed by atoms with Crippen molar-refractivity contribution in [1.29, 1.82) is 0 Å². The monoisotopic (exact) mass is 484 g/mol. The van der Waals surface area contributed by atoms with Gasteiger partial charge in [0.2, 0.25) is 11.8 Å². The molecule has 0 unspecified atom stereocenters. The van der Waals surface area contributed by atoms with E-state index in [1.807, 2.05) is 55.5 Å².